The molecule has 0 spiro atoms. The van der Waals surface area contributed by atoms with Crippen molar-refractivity contribution in [3.8, 4) is 0 Å². The number of carbonyl (C=O) groups is 1. The number of rotatable bonds is 6. The molecule has 1 amide bonds. The average molecular weight is 359 g/mol. The Morgan fingerprint density at radius 1 is 1.43 bits per heavy atom. The van der Waals surface area contributed by atoms with Crippen LogP contribution in [-0.2, 0) is 4.79 Å². The molecule has 6 heteroatoms. The molecule has 2 rings (SSSR count). The van der Waals surface area contributed by atoms with Crippen molar-refractivity contribution in [1.29, 1.82) is 0 Å². The summed E-state index contributed by atoms with van der Waals surface area (Å²) in [4.78, 5) is 12.1. The Balaban J connectivity index is 1.81. The van der Waals surface area contributed by atoms with Crippen molar-refractivity contribution in [3.63, 3.8) is 0 Å². The van der Waals surface area contributed by atoms with E-state index in [-0.39, 0.29) is 12.5 Å². The third-order valence-electron chi connectivity index (χ3n) is 4.47. The van der Waals surface area contributed by atoms with Gasteiger partial charge in [0, 0.05) is 28.6 Å². The molecule has 3 N–H and O–H groups in total. The highest BCUT2D eigenvalue weighted by molar-refractivity contribution is 6.36. The van der Waals surface area contributed by atoms with Gasteiger partial charge in [0.25, 0.3) is 0 Å². The van der Waals surface area contributed by atoms with Gasteiger partial charge in [-0.15, -0.1) is 0 Å². The van der Waals surface area contributed by atoms with Crippen LogP contribution in [0.1, 0.15) is 37.9 Å². The number of amides is 1. The maximum absolute atomic E-state index is 12.1. The second-order valence-electron chi connectivity index (χ2n) is 6.24. The van der Waals surface area contributed by atoms with Gasteiger partial charge in [-0.05, 0) is 49.9 Å². The predicted octanol–water partition coefficient (Wildman–Crippen LogP) is 3.17. The fourth-order valence-electron chi connectivity index (χ4n) is 3.04. The molecule has 3 atom stereocenters. The minimum atomic E-state index is -0.910. The van der Waals surface area contributed by atoms with Gasteiger partial charge in [-0.3, -0.25) is 4.79 Å². The Morgan fingerprint density at radius 3 is 2.74 bits per heavy atom. The molecule has 0 bridgehead atoms. The Bertz CT molecular complexity index is 513. The lowest BCUT2D eigenvalue weighted by molar-refractivity contribution is -0.122. The van der Waals surface area contributed by atoms with Gasteiger partial charge in [0.15, 0.2) is 0 Å². The highest BCUT2D eigenvalue weighted by Crippen LogP contribution is 2.30. The summed E-state index contributed by atoms with van der Waals surface area (Å²) in [6.45, 7) is 4.27. The van der Waals surface area contributed by atoms with Crippen molar-refractivity contribution in [2.24, 2.45) is 11.8 Å². The van der Waals surface area contributed by atoms with E-state index in [2.05, 4.69) is 17.6 Å². The number of hydrogen-bond donors (Lipinski definition) is 3. The third-order valence-corrected chi connectivity index (χ3v) is 5.13. The van der Waals surface area contributed by atoms with Crippen molar-refractivity contribution in [2.45, 2.75) is 32.3 Å². The van der Waals surface area contributed by atoms with Gasteiger partial charge in [-0.25, -0.2) is 0 Å². The summed E-state index contributed by atoms with van der Waals surface area (Å²) >= 11 is 12.1. The van der Waals surface area contributed by atoms with Crippen LogP contribution in [0.4, 0.5) is 0 Å². The Labute approximate surface area is 147 Å². The molecule has 0 aliphatic carbocycles. The van der Waals surface area contributed by atoms with E-state index in [4.69, 9.17) is 23.2 Å². The van der Waals surface area contributed by atoms with Crippen LogP contribution in [0, 0.1) is 11.8 Å². The monoisotopic (exact) mass is 358 g/mol. The van der Waals surface area contributed by atoms with Crippen LogP contribution in [0.15, 0.2) is 18.2 Å². The minimum absolute atomic E-state index is 0.0506. The van der Waals surface area contributed by atoms with Gasteiger partial charge in [0.2, 0.25) is 5.91 Å². The topological polar surface area (TPSA) is 61.4 Å². The molecule has 0 aromatic heterocycles. The molecule has 1 aliphatic heterocycles. The SMILES string of the molecule is CC(CC(=O)NCC(O)c1c(Cl)cccc1Cl)C1CCCNC1. The summed E-state index contributed by atoms with van der Waals surface area (Å²) in [5.41, 5.74) is 0.459. The van der Waals surface area contributed by atoms with E-state index < -0.39 is 6.10 Å². The van der Waals surface area contributed by atoms with E-state index in [0.29, 0.717) is 33.9 Å². The quantitative estimate of drug-likeness (QED) is 0.731. The number of halogens is 2. The van der Waals surface area contributed by atoms with E-state index in [1.165, 1.54) is 12.8 Å². The highest BCUT2D eigenvalue weighted by Gasteiger charge is 2.22. The van der Waals surface area contributed by atoms with Crippen molar-refractivity contribution in [3.05, 3.63) is 33.8 Å². The fourth-order valence-corrected chi connectivity index (χ4v) is 3.69. The molecule has 1 saturated heterocycles. The Hall–Kier alpha value is -0.810. The molecule has 1 aromatic carbocycles. The normalized spacial score (nSPS) is 20.8. The number of aliphatic hydroxyl groups is 1. The zero-order chi connectivity index (χ0) is 16.8. The number of carbonyl (C=O) groups excluding carboxylic acids is 1. The summed E-state index contributed by atoms with van der Waals surface area (Å²) in [5.74, 6) is 0.812. The first kappa shape index (κ1) is 18.5. The summed E-state index contributed by atoms with van der Waals surface area (Å²) in [6, 6.07) is 5.07. The summed E-state index contributed by atoms with van der Waals surface area (Å²) in [5, 5.41) is 17.2. The fraction of sp³-hybridized carbons (Fsp3) is 0.588. The summed E-state index contributed by atoms with van der Waals surface area (Å²) in [7, 11) is 0. The third kappa shape index (κ3) is 5.35. The number of hydrogen-bond acceptors (Lipinski definition) is 3. The van der Waals surface area contributed by atoms with Crippen LogP contribution in [0.5, 0.6) is 0 Å². The van der Waals surface area contributed by atoms with E-state index in [0.717, 1.165) is 13.1 Å². The average Bonchev–Trinajstić information content (AvgIpc) is 2.53. The Kier molecular flexibility index (Phi) is 7.15. The van der Waals surface area contributed by atoms with Gasteiger partial charge >= 0.3 is 0 Å². The lowest BCUT2D eigenvalue weighted by Crippen LogP contribution is -2.36. The molecule has 0 saturated carbocycles. The second-order valence-corrected chi connectivity index (χ2v) is 7.06. The lowest BCUT2D eigenvalue weighted by atomic mass is 9.85. The van der Waals surface area contributed by atoms with E-state index in [1.54, 1.807) is 18.2 Å². The molecule has 1 heterocycles. The number of piperidine rings is 1. The first-order valence-corrected chi connectivity index (χ1v) is 8.84. The van der Waals surface area contributed by atoms with Crippen molar-refractivity contribution >= 4 is 29.1 Å². The molecule has 4 nitrogen and oxygen atoms in total. The van der Waals surface area contributed by atoms with Gasteiger partial charge in [0.05, 0.1) is 6.10 Å². The largest absolute Gasteiger partial charge is 0.386 e. The summed E-state index contributed by atoms with van der Waals surface area (Å²) < 4.78 is 0. The molecule has 1 aromatic rings. The standard InChI is InChI=1S/C17H24Cl2N2O2/c1-11(12-4-3-7-20-9-12)8-16(23)21-10-15(22)17-13(18)5-2-6-14(17)19/h2,5-6,11-12,15,20,22H,3-4,7-10H2,1H3,(H,21,23). The van der Waals surface area contributed by atoms with Crippen LogP contribution in [-0.4, -0.2) is 30.6 Å². The Morgan fingerprint density at radius 2 is 2.13 bits per heavy atom. The molecule has 0 radical (unpaired) electrons. The van der Waals surface area contributed by atoms with Crippen molar-refractivity contribution in [2.75, 3.05) is 19.6 Å². The molecular formula is C17H24Cl2N2O2. The zero-order valence-electron chi connectivity index (χ0n) is 13.3. The van der Waals surface area contributed by atoms with Crippen LogP contribution in [0.2, 0.25) is 10.0 Å². The number of benzene rings is 1. The summed E-state index contributed by atoms with van der Waals surface area (Å²) in [6.07, 6.45) is 1.89. The van der Waals surface area contributed by atoms with Crippen LogP contribution >= 0.6 is 23.2 Å². The van der Waals surface area contributed by atoms with Gasteiger partial charge < -0.3 is 15.7 Å². The van der Waals surface area contributed by atoms with Crippen LogP contribution < -0.4 is 10.6 Å². The van der Waals surface area contributed by atoms with Gasteiger partial charge in [0.1, 0.15) is 0 Å². The van der Waals surface area contributed by atoms with Gasteiger partial charge in [-0.2, -0.15) is 0 Å². The second kappa shape index (κ2) is 8.88. The number of nitrogens with one attached hydrogen (secondary N) is 2. The number of aliphatic hydroxyl groups excluding tert-OH is 1. The van der Waals surface area contributed by atoms with Crippen molar-refractivity contribution in [1.82, 2.24) is 10.6 Å². The molecule has 1 aliphatic rings. The maximum atomic E-state index is 12.1. The molecular weight excluding hydrogens is 335 g/mol. The molecule has 1 fully saturated rings. The van der Waals surface area contributed by atoms with Gasteiger partial charge in [-0.1, -0.05) is 36.2 Å². The van der Waals surface area contributed by atoms with Crippen LogP contribution in [0.3, 0.4) is 0 Å². The van der Waals surface area contributed by atoms with E-state index in [1.807, 2.05) is 0 Å². The molecule has 128 valence electrons. The van der Waals surface area contributed by atoms with E-state index >= 15 is 0 Å². The lowest BCUT2D eigenvalue weighted by Gasteiger charge is -2.28. The van der Waals surface area contributed by atoms with E-state index in [9.17, 15) is 9.90 Å². The predicted molar refractivity (Wildman–Crippen MR) is 93.8 cm³/mol. The van der Waals surface area contributed by atoms with Crippen LogP contribution in [0.25, 0.3) is 0 Å². The van der Waals surface area contributed by atoms with Crippen molar-refractivity contribution < 1.29 is 9.90 Å². The molecule has 23 heavy (non-hydrogen) atoms. The molecule has 3 unspecified atom stereocenters. The highest BCUT2D eigenvalue weighted by atomic mass is 35.5. The maximum Gasteiger partial charge on any atom is 0.220 e. The zero-order valence-corrected chi connectivity index (χ0v) is 14.8. The smallest absolute Gasteiger partial charge is 0.220 e. The first-order chi connectivity index (χ1) is 11.0. The minimum Gasteiger partial charge on any atom is -0.386 e. The first-order valence-electron chi connectivity index (χ1n) is 8.08.